The summed E-state index contributed by atoms with van der Waals surface area (Å²) < 4.78 is 13.9. The second-order valence-electron chi connectivity index (χ2n) is 6.89. The van der Waals surface area contributed by atoms with Crippen molar-refractivity contribution in [2.75, 3.05) is 17.2 Å². The van der Waals surface area contributed by atoms with Gasteiger partial charge in [0.2, 0.25) is 5.95 Å². The van der Waals surface area contributed by atoms with Gasteiger partial charge >= 0.3 is 0 Å². The van der Waals surface area contributed by atoms with Crippen LogP contribution in [0.2, 0.25) is 0 Å². The average molecular weight is 381 g/mol. The van der Waals surface area contributed by atoms with Crippen LogP contribution in [-0.4, -0.2) is 32.7 Å². The third kappa shape index (κ3) is 4.61. The van der Waals surface area contributed by atoms with Gasteiger partial charge in [-0.25, -0.2) is 9.37 Å². The summed E-state index contributed by atoms with van der Waals surface area (Å²) in [6.45, 7) is 5.68. The van der Waals surface area contributed by atoms with Crippen LogP contribution in [0.3, 0.4) is 0 Å². The molecule has 0 aliphatic heterocycles. The van der Waals surface area contributed by atoms with E-state index in [4.69, 9.17) is 0 Å². The largest absolute Gasteiger partial charge is 0.394 e. The van der Waals surface area contributed by atoms with E-state index in [1.165, 1.54) is 6.07 Å². The zero-order valence-corrected chi connectivity index (χ0v) is 16.1. The highest BCUT2D eigenvalue weighted by molar-refractivity contribution is 5.66. The maximum atomic E-state index is 13.9. The molecular weight excluding hydrogens is 357 g/mol. The summed E-state index contributed by atoms with van der Waals surface area (Å²) in [4.78, 5) is 13.4. The minimum absolute atomic E-state index is 0.0411. The zero-order chi connectivity index (χ0) is 20.1. The van der Waals surface area contributed by atoms with E-state index in [9.17, 15) is 9.50 Å². The summed E-state index contributed by atoms with van der Waals surface area (Å²) in [5.41, 5.74) is 2.44. The summed E-state index contributed by atoms with van der Waals surface area (Å²) in [5, 5.41) is 16.0. The predicted molar refractivity (Wildman–Crippen MR) is 109 cm³/mol. The lowest BCUT2D eigenvalue weighted by atomic mass is 10.1. The van der Waals surface area contributed by atoms with E-state index in [0.29, 0.717) is 34.4 Å². The average Bonchev–Trinajstić information content (AvgIpc) is 2.70. The molecule has 1 aromatic carbocycles. The van der Waals surface area contributed by atoms with Crippen LogP contribution in [0.25, 0.3) is 11.4 Å². The van der Waals surface area contributed by atoms with Crippen LogP contribution in [0, 0.1) is 18.7 Å². The number of halogens is 1. The zero-order valence-electron chi connectivity index (χ0n) is 16.1. The number of aliphatic hydroxyl groups is 1. The Morgan fingerprint density at radius 1 is 1.07 bits per heavy atom. The molecule has 7 heteroatoms. The lowest BCUT2D eigenvalue weighted by Gasteiger charge is -2.20. The first-order chi connectivity index (χ1) is 13.5. The number of nitrogens with one attached hydrogen (secondary N) is 2. The minimum Gasteiger partial charge on any atom is -0.394 e. The Bertz CT molecular complexity index is 933. The van der Waals surface area contributed by atoms with E-state index < -0.39 is 0 Å². The van der Waals surface area contributed by atoms with Crippen LogP contribution < -0.4 is 10.6 Å². The maximum Gasteiger partial charge on any atom is 0.225 e. The fourth-order valence-corrected chi connectivity index (χ4v) is 2.69. The minimum atomic E-state index is -0.289. The second kappa shape index (κ2) is 8.75. The third-order valence-corrected chi connectivity index (χ3v) is 4.50. The standard InChI is InChI=1S/C21H24FN5O/c1-13(2)19(12-28)26-21-25-18(17-8-4-5-10-23-17)11-20(27-21)24-16-9-6-7-15(22)14(16)3/h4-11,13,19,28H,12H2,1-3H3,(H2,24,25,26,27)/t19-/m0/s1. The van der Waals surface area contributed by atoms with Gasteiger partial charge in [0.1, 0.15) is 11.6 Å². The molecule has 2 heterocycles. The molecule has 3 rings (SSSR count). The number of aromatic nitrogens is 3. The number of nitrogens with zero attached hydrogens (tertiary/aromatic N) is 3. The molecule has 0 bridgehead atoms. The Hall–Kier alpha value is -3.06. The Morgan fingerprint density at radius 2 is 1.89 bits per heavy atom. The number of aliphatic hydroxyl groups excluding tert-OH is 1. The lowest BCUT2D eigenvalue weighted by molar-refractivity contribution is 0.248. The number of hydrogen-bond acceptors (Lipinski definition) is 6. The second-order valence-corrected chi connectivity index (χ2v) is 6.89. The van der Waals surface area contributed by atoms with E-state index in [0.717, 1.165) is 0 Å². The molecule has 0 radical (unpaired) electrons. The molecule has 3 N–H and O–H groups in total. The molecule has 0 saturated carbocycles. The van der Waals surface area contributed by atoms with Crippen molar-refractivity contribution in [3.8, 4) is 11.4 Å². The first-order valence-electron chi connectivity index (χ1n) is 9.18. The number of anilines is 3. The van der Waals surface area contributed by atoms with Gasteiger partial charge in [-0.05, 0) is 37.1 Å². The molecule has 0 aliphatic carbocycles. The number of hydrogen-bond donors (Lipinski definition) is 3. The molecule has 0 aliphatic rings. The number of rotatable bonds is 7. The topological polar surface area (TPSA) is 83.0 Å². The maximum absolute atomic E-state index is 13.9. The van der Waals surface area contributed by atoms with Crippen molar-refractivity contribution < 1.29 is 9.50 Å². The molecule has 0 saturated heterocycles. The van der Waals surface area contributed by atoms with Crippen molar-refractivity contribution in [3.05, 3.63) is 60.0 Å². The lowest BCUT2D eigenvalue weighted by Crippen LogP contribution is -2.30. The summed E-state index contributed by atoms with van der Waals surface area (Å²) in [6, 6.07) is 12.0. The van der Waals surface area contributed by atoms with Crippen molar-refractivity contribution in [2.24, 2.45) is 5.92 Å². The molecule has 0 unspecified atom stereocenters. The molecule has 1 atom stereocenters. The van der Waals surface area contributed by atoms with Crippen molar-refractivity contribution in [2.45, 2.75) is 26.8 Å². The van der Waals surface area contributed by atoms with Gasteiger partial charge in [-0.3, -0.25) is 4.98 Å². The van der Waals surface area contributed by atoms with Gasteiger partial charge in [-0.2, -0.15) is 4.98 Å². The highest BCUT2D eigenvalue weighted by Gasteiger charge is 2.16. The Labute approximate surface area is 163 Å². The first-order valence-corrected chi connectivity index (χ1v) is 9.18. The SMILES string of the molecule is Cc1c(F)cccc1Nc1cc(-c2ccccn2)nc(N[C@@H](CO)C(C)C)n1. The van der Waals surface area contributed by atoms with Gasteiger partial charge in [0.15, 0.2) is 0 Å². The summed E-state index contributed by atoms with van der Waals surface area (Å²) in [5.74, 6) is 0.774. The molecular formula is C21H24FN5O. The van der Waals surface area contributed by atoms with E-state index in [2.05, 4.69) is 25.6 Å². The van der Waals surface area contributed by atoms with Gasteiger partial charge in [0.05, 0.1) is 24.0 Å². The molecule has 6 nitrogen and oxygen atoms in total. The summed E-state index contributed by atoms with van der Waals surface area (Å²) in [6.07, 6.45) is 1.69. The predicted octanol–water partition coefficient (Wildman–Crippen LogP) is 4.16. The van der Waals surface area contributed by atoms with Crippen LogP contribution in [0.5, 0.6) is 0 Å². The van der Waals surface area contributed by atoms with E-state index in [1.54, 1.807) is 31.3 Å². The van der Waals surface area contributed by atoms with E-state index in [1.807, 2.05) is 32.0 Å². The van der Waals surface area contributed by atoms with Crippen LogP contribution in [-0.2, 0) is 0 Å². The Balaban J connectivity index is 2.00. The molecule has 2 aromatic heterocycles. The van der Waals surface area contributed by atoms with Crippen LogP contribution >= 0.6 is 0 Å². The van der Waals surface area contributed by atoms with Crippen LogP contribution in [0.1, 0.15) is 19.4 Å². The van der Waals surface area contributed by atoms with Gasteiger partial charge in [0.25, 0.3) is 0 Å². The first kappa shape index (κ1) is 19.7. The normalized spacial score (nSPS) is 12.1. The van der Waals surface area contributed by atoms with Crippen molar-refractivity contribution >= 4 is 17.5 Å². The molecule has 0 fully saturated rings. The highest BCUT2D eigenvalue weighted by Crippen LogP contribution is 2.25. The molecule has 0 amide bonds. The van der Waals surface area contributed by atoms with E-state index in [-0.39, 0.29) is 24.4 Å². The third-order valence-electron chi connectivity index (χ3n) is 4.50. The van der Waals surface area contributed by atoms with E-state index >= 15 is 0 Å². The Morgan fingerprint density at radius 3 is 2.57 bits per heavy atom. The Kier molecular flexibility index (Phi) is 6.16. The van der Waals surface area contributed by atoms with Crippen molar-refractivity contribution in [1.29, 1.82) is 0 Å². The smallest absolute Gasteiger partial charge is 0.225 e. The quantitative estimate of drug-likeness (QED) is 0.570. The fraction of sp³-hybridized carbons (Fsp3) is 0.286. The van der Waals surface area contributed by atoms with Gasteiger partial charge in [-0.1, -0.05) is 26.0 Å². The highest BCUT2D eigenvalue weighted by atomic mass is 19.1. The van der Waals surface area contributed by atoms with Gasteiger partial charge in [-0.15, -0.1) is 0 Å². The van der Waals surface area contributed by atoms with Crippen molar-refractivity contribution in [1.82, 2.24) is 15.0 Å². The summed E-state index contributed by atoms with van der Waals surface area (Å²) >= 11 is 0. The molecule has 28 heavy (non-hydrogen) atoms. The summed E-state index contributed by atoms with van der Waals surface area (Å²) in [7, 11) is 0. The van der Waals surface area contributed by atoms with Crippen molar-refractivity contribution in [3.63, 3.8) is 0 Å². The number of benzene rings is 1. The monoisotopic (exact) mass is 381 g/mol. The molecule has 3 aromatic rings. The number of pyridine rings is 1. The van der Waals surface area contributed by atoms with Crippen LogP contribution in [0.15, 0.2) is 48.7 Å². The van der Waals surface area contributed by atoms with Gasteiger partial charge < -0.3 is 15.7 Å². The molecule has 146 valence electrons. The van der Waals surface area contributed by atoms with Gasteiger partial charge in [0, 0.05) is 23.5 Å². The molecule has 0 spiro atoms. The fourth-order valence-electron chi connectivity index (χ4n) is 2.69. The van der Waals surface area contributed by atoms with Crippen LogP contribution in [0.4, 0.5) is 21.8 Å².